The third kappa shape index (κ3) is 3.37. The van der Waals surface area contributed by atoms with Crippen molar-refractivity contribution in [3.8, 4) is 0 Å². The van der Waals surface area contributed by atoms with Crippen molar-refractivity contribution in [2.75, 3.05) is 5.32 Å². The molecule has 6 heteroatoms. The number of aromatic nitrogens is 1. The Morgan fingerprint density at radius 2 is 1.91 bits per heavy atom. The SMILES string of the molecule is C[C@H](NC(=O)Nc1nc2ccccc2s1)c1ccc(Cl)cc1. The van der Waals surface area contributed by atoms with E-state index in [-0.39, 0.29) is 12.1 Å². The number of halogens is 1. The number of carbonyl (C=O) groups excluding carboxylic acids is 1. The van der Waals surface area contributed by atoms with Gasteiger partial charge in [0.1, 0.15) is 0 Å². The summed E-state index contributed by atoms with van der Waals surface area (Å²) < 4.78 is 1.04. The Labute approximate surface area is 137 Å². The fourth-order valence-electron chi connectivity index (χ4n) is 2.09. The molecule has 0 fully saturated rings. The van der Waals surface area contributed by atoms with Gasteiger partial charge in [0.25, 0.3) is 0 Å². The second-order valence-electron chi connectivity index (χ2n) is 4.86. The molecule has 2 N–H and O–H groups in total. The van der Waals surface area contributed by atoms with Crippen LogP contribution in [0.15, 0.2) is 48.5 Å². The third-order valence-electron chi connectivity index (χ3n) is 3.23. The van der Waals surface area contributed by atoms with Crippen molar-refractivity contribution in [2.24, 2.45) is 0 Å². The molecule has 1 aromatic heterocycles. The van der Waals surface area contributed by atoms with E-state index in [0.717, 1.165) is 15.8 Å². The lowest BCUT2D eigenvalue weighted by atomic mass is 10.1. The van der Waals surface area contributed by atoms with E-state index in [9.17, 15) is 4.79 Å². The number of anilines is 1. The van der Waals surface area contributed by atoms with Gasteiger partial charge in [-0.05, 0) is 36.8 Å². The summed E-state index contributed by atoms with van der Waals surface area (Å²) in [5.74, 6) is 0. The van der Waals surface area contributed by atoms with Gasteiger partial charge < -0.3 is 5.32 Å². The van der Waals surface area contributed by atoms with Crippen LogP contribution in [0, 0.1) is 0 Å². The molecule has 2 aromatic carbocycles. The largest absolute Gasteiger partial charge is 0.331 e. The molecule has 0 aliphatic carbocycles. The average Bonchev–Trinajstić information content (AvgIpc) is 2.89. The average molecular weight is 332 g/mol. The minimum Gasteiger partial charge on any atom is -0.331 e. The standard InChI is InChI=1S/C16H14ClN3OS/c1-10(11-6-8-12(17)9-7-11)18-15(21)20-16-19-13-4-2-3-5-14(13)22-16/h2-10H,1H3,(H2,18,19,20,21)/t10-/m0/s1. The summed E-state index contributed by atoms with van der Waals surface area (Å²) in [4.78, 5) is 16.4. The van der Waals surface area contributed by atoms with Crippen LogP contribution in [-0.4, -0.2) is 11.0 Å². The first kappa shape index (κ1) is 14.8. The number of rotatable bonds is 3. The number of nitrogens with zero attached hydrogens (tertiary/aromatic N) is 1. The number of hydrogen-bond donors (Lipinski definition) is 2. The Morgan fingerprint density at radius 1 is 1.18 bits per heavy atom. The number of fused-ring (bicyclic) bond motifs is 1. The molecular formula is C16H14ClN3OS. The van der Waals surface area contributed by atoms with Crippen LogP contribution in [0.25, 0.3) is 10.2 Å². The van der Waals surface area contributed by atoms with Gasteiger partial charge in [0.2, 0.25) is 0 Å². The van der Waals surface area contributed by atoms with Crippen molar-refractivity contribution in [3.63, 3.8) is 0 Å². The number of thiazole rings is 1. The summed E-state index contributed by atoms with van der Waals surface area (Å²) in [7, 11) is 0. The van der Waals surface area contributed by atoms with E-state index >= 15 is 0 Å². The fourth-order valence-corrected chi connectivity index (χ4v) is 3.08. The van der Waals surface area contributed by atoms with Crippen LogP contribution in [-0.2, 0) is 0 Å². The molecule has 1 heterocycles. The Morgan fingerprint density at radius 3 is 2.64 bits per heavy atom. The summed E-state index contributed by atoms with van der Waals surface area (Å²) in [5.41, 5.74) is 1.87. The number of para-hydroxylation sites is 1. The first-order valence-corrected chi connectivity index (χ1v) is 8.00. The molecule has 4 nitrogen and oxygen atoms in total. The van der Waals surface area contributed by atoms with Crippen LogP contribution in [0.3, 0.4) is 0 Å². The van der Waals surface area contributed by atoms with Crippen LogP contribution in [0.5, 0.6) is 0 Å². The monoisotopic (exact) mass is 331 g/mol. The molecule has 0 bridgehead atoms. The summed E-state index contributed by atoms with van der Waals surface area (Å²) in [6.07, 6.45) is 0. The third-order valence-corrected chi connectivity index (χ3v) is 4.44. The zero-order valence-corrected chi connectivity index (χ0v) is 13.4. The lowest BCUT2D eigenvalue weighted by molar-refractivity contribution is 0.249. The van der Waals surface area contributed by atoms with Gasteiger partial charge >= 0.3 is 6.03 Å². The molecule has 1 atom stereocenters. The van der Waals surface area contributed by atoms with Crippen LogP contribution in [0.2, 0.25) is 5.02 Å². The van der Waals surface area contributed by atoms with Crippen molar-refractivity contribution in [1.82, 2.24) is 10.3 Å². The first-order valence-electron chi connectivity index (χ1n) is 6.80. The lowest BCUT2D eigenvalue weighted by Gasteiger charge is -2.14. The fraction of sp³-hybridized carbons (Fsp3) is 0.125. The summed E-state index contributed by atoms with van der Waals surface area (Å²) in [5, 5.41) is 6.92. The number of nitrogens with one attached hydrogen (secondary N) is 2. The minimum atomic E-state index is -0.276. The van der Waals surface area contributed by atoms with Crippen LogP contribution < -0.4 is 10.6 Å². The second kappa shape index (κ2) is 6.34. The quantitative estimate of drug-likeness (QED) is 0.722. The van der Waals surface area contributed by atoms with Gasteiger partial charge in [-0.15, -0.1) is 0 Å². The van der Waals surface area contributed by atoms with Crippen molar-refractivity contribution < 1.29 is 4.79 Å². The highest BCUT2D eigenvalue weighted by atomic mass is 35.5. The molecule has 0 saturated heterocycles. The molecule has 0 unspecified atom stereocenters. The zero-order chi connectivity index (χ0) is 15.5. The van der Waals surface area contributed by atoms with Crippen LogP contribution >= 0.6 is 22.9 Å². The molecule has 0 radical (unpaired) electrons. The maximum absolute atomic E-state index is 12.1. The maximum Gasteiger partial charge on any atom is 0.321 e. The molecule has 0 spiro atoms. The molecule has 0 aliphatic heterocycles. The first-order chi connectivity index (χ1) is 10.6. The van der Waals surface area contributed by atoms with Crippen LogP contribution in [0.1, 0.15) is 18.5 Å². The number of hydrogen-bond acceptors (Lipinski definition) is 3. The number of amides is 2. The Kier molecular flexibility index (Phi) is 4.27. The highest BCUT2D eigenvalue weighted by Crippen LogP contribution is 2.25. The lowest BCUT2D eigenvalue weighted by Crippen LogP contribution is -2.31. The molecule has 3 rings (SSSR count). The molecule has 112 valence electrons. The number of benzene rings is 2. The van der Waals surface area contributed by atoms with Crippen LogP contribution in [0.4, 0.5) is 9.93 Å². The molecule has 2 amide bonds. The van der Waals surface area contributed by atoms with Gasteiger partial charge in [0, 0.05) is 5.02 Å². The van der Waals surface area contributed by atoms with Crippen molar-refractivity contribution in [2.45, 2.75) is 13.0 Å². The number of urea groups is 1. The minimum absolute atomic E-state index is 0.119. The number of carbonyl (C=O) groups is 1. The van der Waals surface area contributed by atoms with Gasteiger partial charge in [-0.2, -0.15) is 0 Å². The summed E-state index contributed by atoms with van der Waals surface area (Å²) in [6, 6.07) is 14.8. The predicted octanol–water partition coefficient (Wildman–Crippen LogP) is 4.83. The molecular weight excluding hydrogens is 318 g/mol. The van der Waals surface area contributed by atoms with Gasteiger partial charge in [0.05, 0.1) is 16.3 Å². The smallest absolute Gasteiger partial charge is 0.321 e. The highest BCUT2D eigenvalue weighted by molar-refractivity contribution is 7.22. The van der Waals surface area contributed by atoms with E-state index in [4.69, 9.17) is 11.6 Å². The Hall–Kier alpha value is -2.11. The van der Waals surface area contributed by atoms with Gasteiger partial charge in [0.15, 0.2) is 5.13 Å². The maximum atomic E-state index is 12.1. The second-order valence-corrected chi connectivity index (χ2v) is 6.33. The molecule has 0 aliphatic rings. The molecule has 3 aromatic rings. The van der Waals surface area contributed by atoms with Gasteiger partial charge in [-0.1, -0.05) is 47.2 Å². The molecule has 0 saturated carbocycles. The molecule has 22 heavy (non-hydrogen) atoms. The van der Waals surface area contributed by atoms with Crippen molar-refractivity contribution in [1.29, 1.82) is 0 Å². The van der Waals surface area contributed by atoms with E-state index in [1.807, 2.05) is 43.3 Å². The zero-order valence-electron chi connectivity index (χ0n) is 11.8. The topological polar surface area (TPSA) is 54.0 Å². The summed E-state index contributed by atoms with van der Waals surface area (Å²) in [6.45, 7) is 1.92. The van der Waals surface area contributed by atoms with Crippen molar-refractivity contribution >= 4 is 44.3 Å². The Bertz CT molecular complexity index is 768. The predicted molar refractivity (Wildman–Crippen MR) is 91.6 cm³/mol. The highest BCUT2D eigenvalue weighted by Gasteiger charge is 2.11. The van der Waals surface area contributed by atoms with E-state index in [2.05, 4.69) is 15.6 Å². The Balaban J connectivity index is 1.65. The normalized spacial score (nSPS) is 12.1. The van der Waals surface area contributed by atoms with E-state index in [1.54, 1.807) is 12.1 Å². The van der Waals surface area contributed by atoms with Gasteiger partial charge in [-0.3, -0.25) is 5.32 Å². The van der Waals surface area contributed by atoms with E-state index in [0.29, 0.717) is 10.2 Å². The summed E-state index contributed by atoms with van der Waals surface area (Å²) >= 11 is 7.31. The van der Waals surface area contributed by atoms with Crippen molar-refractivity contribution in [3.05, 3.63) is 59.1 Å². The van der Waals surface area contributed by atoms with E-state index < -0.39 is 0 Å². The van der Waals surface area contributed by atoms with E-state index in [1.165, 1.54) is 11.3 Å². The van der Waals surface area contributed by atoms with Gasteiger partial charge in [-0.25, -0.2) is 9.78 Å².